The first-order chi connectivity index (χ1) is 12.2. The lowest BCUT2D eigenvalue weighted by Gasteiger charge is -2.36. The second kappa shape index (κ2) is 8.56. The van der Waals surface area contributed by atoms with Gasteiger partial charge in [-0.2, -0.15) is 0 Å². The molecule has 3 rings (SSSR count). The van der Waals surface area contributed by atoms with Gasteiger partial charge in [0.15, 0.2) is 0 Å². The van der Waals surface area contributed by atoms with E-state index in [4.69, 9.17) is 4.74 Å². The van der Waals surface area contributed by atoms with E-state index in [0.29, 0.717) is 18.5 Å². The molecule has 2 atom stereocenters. The monoisotopic (exact) mass is 345 g/mol. The Morgan fingerprint density at radius 3 is 2.44 bits per heavy atom. The molecule has 25 heavy (non-hydrogen) atoms. The molecule has 0 aromatic heterocycles. The third kappa shape index (κ3) is 4.88. The van der Waals surface area contributed by atoms with Crippen LogP contribution in [0.1, 0.15) is 32.6 Å². The molecule has 1 saturated carbocycles. The maximum Gasteiger partial charge on any atom is 0.234 e. The van der Waals surface area contributed by atoms with Gasteiger partial charge in [-0.1, -0.05) is 19.8 Å². The molecular formula is C20H31N3O2. The van der Waals surface area contributed by atoms with Crippen LogP contribution >= 0.6 is 0 Å². The summed E-state index contributed by atoms with van der Waals surface area (Å²) in [7, 11) is 1.69. The van der Waals surface area contributed by atoms with Crippen molar-refractivity contribution in [3.05, 3.63) is 24.3 Å². The van der Waals surface area contributed by atoms with Crippen molar-refractivity contribution < 1.29 is 9.53 Å². The highest BCUT2D eigenvalue weighted by molar-refractivity contribution is 5.78. The fourth-order valence-corrected chi connectivity index (χ4v) is 3.94. The van der Waals surface area contributed by atoms with Crippen LogP contribution < -0.4 is 15.0 Å². The zero-order chi connectivity index (χ0) is 17.6. The maximum atomic E-state index is 12.4. The van der Waals surface area contributed by atoms with Crippen molar-refractivity contribution >= 4 is 11.6 Å². The lowest BCUT2D eigenvalue weighted by molar-refractivity contribution is -0.123. The molecule has 1 aromatic carbocycles. The predicted octanol–water partition coefficient (Wildman–Crippen LogP) is 2.51. The Hall–Kier alpha value is -1.75. The Morgan fingerprint density at radius 1 is 1.12 bits per heavy atom. The van der Waals surface area contributed by atoms with Gasteiger partial charge in [0.25, 0.3) is 0 Å². The summed E-state index contributed by atoms with van der Waals surface area (Å²) in [5, 5.41) is 3.26. The van der Waals surface area contributed by atoms with Crippen LogP contribution in [-0.2, 0) is 4.79 Å². The smallest absolute Gasteiger partial charge is 0.234 e. The first kappa shape index (κ1) is 18.1. The number of rotatable bonds is 5. The first-order valence-corrected chi connectivity index (χ1v) is 9.56. The number of hydrogen-bond donors (Lipinski definition) is 1. The molecule has 2 aliphatic rings. The molecule has 2 fully saturated rings. The van der Waals surface area contributed by atoms with Crippen LogP contribution in [0.4, 0.5) is 5.69 Å². The quantitative estimate of drug-likeness (QED) is 0.891. The maximum absolute atomic E-state index is 12.4. The zero-order valence-electron chi connectivity index (χ0n) is 15.5. The van der Waals surface area contributed by atoms with Gasteiger partial charge in [-0.25, -0.2) is 0 Å². The van der Waals surface area contributed by atoms with E-state index in [1.165, 1.54) is 24.9 Å². The van der Waals surface area contributed by atoms with Crippen LogP contribution in [0.15, 0.2) is 24.3 Å². The van der Waals surface area contributed by atoms with Crippen LogP contribution in [0.3, 0.4) is 0 Å². The largest absolute Gasteiger partial charge is 0.497 e. The Kier molecular flexibility index (Phi) is 6.19. The van der Waals surface area contributed by atoms with E-state index in [9.17, 15) is 4.79 Å². The number of anilines is 1. The molecule has 0 bridgehead atoms. The average molecular weight is 345 g/mol. The third-order valence-corrected chi connectivity index (χ3v) is 5.63. The first-order valence-electron chi connectivity index (χ1n) is 9.56. The van der Waals surface area contributed by atoms with Crippen molar-refractivity contribution in [2.24, 2.45) is 5.92 Å². The zero-order valence-corrected chi connectivity index (χ0v) is 15.5. The van der Waals surface area contributed by atoms with E-state index in [1.54, 1.807) is 7.11 Å². The number of amides is 1. The summed E-state index contributed by atoms with van der Waals surface area (Å²) in [6.45, 7) is 6.57. The molecule has 1 saturated heterocycles. The summed E-state index contributed by atoms with van der Waals surface area (Å²) in [5.41, 5.74) is 1.22. The molecule has 1 aromatic rings. The molecule has 138 valence electrons. The van der Waals surface area contributed by atoms with E-state index >= 15 is 0 Å². The van der Waals surface area contributed by atoms with Gasteiger partial charge in [-0.15, -0.1) is 0 Å². The second-order valence-corrected chi connectivity index (χ2v) is 7.40. The van der Waals surface area contributed by atoms with Crippen LogP contribution in [0.5, 0.6) is 5.75 Å². The number of piperazine rings is 1. The number of ether oxygens (including phenoxy) is 1. The van der Waals surface area contributed by atoms with Gasteiger partial charge in [0, 0.05) is 37.9 Å². The van der Waals surface area contributed by atoms with Gasteiger partial charge in [-0.3, -0.25) is 9.69 Å². The van der Waals surface area contributed by atoms with Gasteiger partial charge in [-0.05, 0) is 43.0 Å². The molecular weight excluding hydrogens is 314 g/mol. The van der Waals surface area contributed by atoms with Gasteiger partial charge in [0.1, 0.15) is 5.75 Å². The van der Waals surface area contributed by atoms with E-state index in [0.717, 1.165) is 38.3 Å². The molecule has 1 N–H and O–H groups in total. The van der Waals surface area contributed by atoms with Crippen LogP contribution in [0, 0.1) is 5.92 Å². The second-order valence-electron chi connectivity index (χ2n) is 7.40. The van der Waals surface area contributed by atoms with Crippen molar-refractivity contribution in [2.75, 3.05) is 44.7 Å². The van der Waals surface area contributed by atoms with Gasteiger partial charge < -0.3 is 15.0 Å². The fraction of sp³-hybridized carbons (Fsp3) is 0.650. The molecule has 1 heterocycles. The lowest BCUT2D eigenvalue weighted by atomic mass is 9.86. The summed E-state index contributed by atoms with van der Waals surface area (Å²) in [4.78, 5) is 17.0. The van der Waals surface area contributed by atoms with Gasteiger partial charge in [0.05, 0.1) is 13.7 Å². The van der Waals surface area contributed by atoms with E-state index < -0.39 is 0 Å². The minimum Gasteiger partial charge on any atom is -0.497 e. The summed E-state index contributed by atoms with van der Waals surface area (Å²) >= 11 is 0. The molecule has 0 spiro atoms. The SMILES string of the molecule is COc1ccc(N2CCN(CC(=O)N[C@@H]3CCCC[C@H]3C)CC2)cc1. The van der Waals surface area contributed by atoms with Crippen molar-refractivity contribution in [1.82, 2.24) is 10.2 Å². The normalized spacial score (nSPS) is 24.8. The molecule has 5 nitrogen and oxygen atoms in total. The Labute approximate surface area is 151 Å². The highest BCUT2D eigenvalue weighted by Gasteiger charge is 2.24. The van der Waals surface area contributed by atoms with Crippen LogP contribution in [0.2, 0.25) is 0 Å². The molecule has 5 heteroatoms. The highest BCUT2D eigenvalue weighted by atomic mass is 16.5. The summed E-state index contributed by atoms with van der Waals surface area (Å²) in [6, 6.07) is 8.58. The van der Waals surface area contributed by atoms with Crippen molar-refractivity contribution in [1.29, 1.82) is 0 Å². The number of benzene rings is 1. The number of methoxy groups -OCH3 is 1. The minimum absolute atomic E-state index is 0.191. The number of carbonyl (C=O) groups excluding carboxylic acids is 1. The predicted molar refractivity (Wildman–Crippen MR) is 101 cm³/mol. The molecule has 0 unspecified atom stereocenters. The highest BCUT2D eigenvalue weighted by Crippen LogP contribution is 2.24. The Balaban J connectivity index is 1.43. The number of nitrogens with one attached hydrogen (secondary N) is 1. The average Bonchev–Trinajstić information content (AvgIpc) is 2.64. The summed E-state index contributed by atoms with van der Waals surface area (Å²) < 4.78 is 5.22. The van der Waals surface area contributed by atoms with Crippen LogP contribution in [0.25, 0.3) is 0 Å². The molecule has 1 aliphatic heterocycles. The third-order valence-electron chi connectivity index (χ3n) is 5.63. The molecule has 1 aliphatic carbocycles. The van der Waals surface area contributed by atoms with E-state index in [-0.39, 0.29) is 5.91 Å². The van der Waals surface area contributed by atoms with Gasteiger partial charge >= 0.3 is 0 Å². The van der Waals surface area contributed by atoms with Crippen molar-refractivity contribution in [3.63, 3.8) is 0 Å². The van der Waals surface area contributed by atoms with Gasteiger partial charge in [0.2, 0.25) is 5.91 Å². The van der Waals surface area contributed by atoms with Crippen molar-refractivity contribution in [3.8, 4) is 5.75 Å². The standard InChI is InChI=1S/C20H31N3O2/c1-16-5-3-4-6-19(16)21-20(24)15-22-11-13-23(14-12-22)17-7-9-18(25-2)10-8-17/h7-10,16,19H,3-6,11-15H2,1-2H3,(H,21,24)/t16-,19-/m1/s1. The number of carbonyl (C=O) groups is 1. The van der Waals surface area contributed by atoms with Crippen molar-refractivity contribution in [2.45, 2.75) is 38.6 Å². The molecule has 1 amide bonds. The van der Waals surface area contributed by atoms with E-state index in [2.05, 4.69) is 34.2 Å². The topological polar surface area (TPSA) is 44.8 Å². The summed E-state index contributed by atoms with van der Waals surface area (Å²) in [5.74, 6) is 1.69. The fourth-order valence-electron chi connectivity index (χ4n) is 3.94. The number of nitrogens with zero attached hydrogens (tertiary/aromatic N) is 2. The minimum atomic E-state index is 0.191. The lowest BCUT2D eigenvalue weighted by Crippen LogP contribution is -2.51. The molecule has 0 radical (unpaired) electrons. The van der Waals surface area contributed by atoms with Crippen LogP contribution in [-0.4, -0.2) is 56.7 Å². The van der Waals surface area contributed by atoms with E-state index in [1.807, 2.05) is 12.1 Å². The Morgan fingerprint density at radius 2 is 1.80 bits per heavy atom. The number of hydrogen-bond acceptors (Lipinski definition) is 4. The summed E-state index contributed by atoms with van der Waals surface area (Å²) in [6.07, 6.45) is 4.93. The Bertz CT molecular complexity index is 553.